The van der Waals surface area contributed by atoms with Crippen LogP contribution in [0.5, 0.6) is 5.75 Å². The maximum Gasteiger partial charge on any atom is 0.341 e. The topological polar surface area (TPSA) is 47.6 Å². The summed E-state index contributed by atoms with van der Waals surface area (Å²) in [4.78, 5) is 12.3. The fraction of sp³-hybridized carbons (Fsp3) is 0.409. The first-order valence-corrected chi connectivity index (χ1v) is 9.56. The van der Waals surface area contributed by atoms with Gasteiger partial charge in [-0.25, -0.2) is 9.18 Å². The van der Waals surface area contributed by atoms with Crippen molar-refractivity contribution in [2.24, 2.45) is 0 Å². The number of nitrogens with one attached hydrogen (secondary N) is 1. The number of ether oxygens (including phenoxy) is 2. The van der Waals surface area contributed by atoms with Crippen LogP contribution in [0.1, 0.15) is 55.5 Å². The Morgan fingerprint density at radius 3 is 2.41 bits per heavy atom. The highest BCUT2D eigenvalue weighted by molar-refractivity contribution is 5.93. The summed E-state index contributed by atoms with van der Waals surface area (Å²) in [6.45, 7) is 5.65. The third-order valence-corrected chi connectivity index (χ3v) is 4.10. The SMILES string of the molecule is CCCCOC(=O)c1ccc(NCc2ccc(F)cc2)cc1OCCCC. The molecule has 0 unspecified atom stereocenters. The minimum absolute atomic E-state index is 0.253. The highest BCUT2D eigenvalue weighted by Crippen LogP contribution is 2.25. The van der Waals surface area contributed by atoms with Crippen LogP contribution in [-0.2, 0) is 11.3 Å². The molecule has 0 heterocycles. The summed E-state index contributed by atoms with van der Waals surface area (Å²) < 4.78 is 24.1. The number of hydrogen-bond donors (Lipinski definition) is 1. The first kappa shape index (κ1) is 20.7. The molecule has 0 aliphatic heterocycles. The third-order valence-electron chi connectivity index (χ3n) is 4.10. The normalized spacial score (nSPS) is 10.5. The van der Waals surface area contributed by atoms with Crippen molar-refractivity contribution in [3.63, 3.8) is 0 Å². The molecule has 0 saturated heterocycles. The first-order chi connectivity index (χ1) is 13.1. The molecule has 27 heavy (non-hydrogen) atoms. The van der Waals surface area contributed by atoms with Crippen LogP contribution in [0.3, 0.4) is 0 Å². The summed E-state index contributed by atoms with van der Waals surface area (Å²) in [5.74, 6) is -0.0922. The van der Waals surface area contributed by atoms with Gasteiger partial charge in [0.2, 0.25) is 0 Å². The smallest absolute Gasteiger partial charge is 0.341 e. The Morgan fingerprint density at radius 2 is 1.70 bits per heavy atom. The van der Waals surface area contributed by atoms with Crippen LogP contribution < -0.4 is 10.1 Å². The van der Waals surface area contributed by atoms with E-state index in [9.17, 15) is 9.18 Å². The molecule has 5 heteroatoms. The Hall–Kier alpha value is -2.56. The van der Waals surface area contributed by atoms with Crippen molar-refractivity contribution in [1.29, 1.82) is 0 Å². The van der Waals surface area contributed by atoms with Gasteiger partial charge in [-0.2, -0.15) is 0 Å². The molecule has 4 nitrogen and oxygen atoms in total. The molecule has 0 fully saturated rings. The van der Waals surface area contributed by atoms with Gasteiger partial charge >= 0.3 is 5.97 Å². The first-order valence-electron chi connectivity index (χ1n) is 9.56. The lowest BCUT2D eigenvalue weighted by Gasteiger charge is -2.14. The lowest BCUT2D eigenvalue weighted by molar-refractivity contribution is 0.0495. The van der Waals surface area contributed by atoms with Crippen molar-refractivity contribution < 1.29 is 18.7 Å². The Morgan fingerprint density at radius 1 is 1.00 bits per heavy atom. The summed E-state index contributed by atoms with van der Waals surface area (Å²) in [5.41, 5.74) is 2.23. The van der Waals surface area contributed by atoms with Crippen LogP contribution in [0.25, 0.3) is 0 Å². The average molecular weight is 373 g/mol. The molecule has 1 N–H and O–H groups in total. The molecule has 0 amide bonds. The van der Waals surface area contributed by atoms with Crippen molar-refractivity contribution in [2.75, 3.05) is 18.5 Å². The summed E-state index contributed by atoms with van der Waals surface area (Å²) >= 11 is 0. The van der Waals surface area contributed by atoms with E-state index in [2.05, 4.69) is 19.2 Å². The van der Waals surface area contributed by atoms with Gasteiger partial charge in [-0.15, -0.1) is 0 Å². The van der Waals surface area contributed by atoms with E-state index in [1.54, 1.807) is 18.2 Å². The number of benzene rings is 2. The number of halogens is 1. The second-order valence-electron chi connectivity index (χ2n) is 6.38. The third kappa shape index (κ3) is 6.93. The summed E-state index contributed by atoms with van der Waals surface area (Å²) in [6, 6.07) is 11.7. The van der Waals surface area contributed by atoms with Gasteiger partial charge < -0.3 is 14.8 Å². The second-order valence-corrected chi connectivity index (χ2v) is 6.38. The number of esters is 1. The van der Waals surface area contributed by atoms with Gasteiger partial charge in [0.25, 0.3) is 0 Å². The van der Waals surface area contributed by atoms with E-state index in [4.69, 9.17) is 9.47 Å². The zero-order valence-corrected chi connectivity index (χ0v) is 16.1. The van der Waals surface area contributed by atoms with E-state index in [1.807, 2.05) is 12.1 Å². The Labute approximate surface area is 160 Å². The number of carbonyl (C=O) groups is 1. The molecule has 0 bridgehead atoms. The maximum atomic E-state index is 13.0. The van der Waals surface area contributed by atoms with E-state index in [-0.39, 0.29) is 11.8 Å². The van der Waals surface area contributed by atoms with Crippen molar-refractivity contribution in [2.45, 2.75) is 46.1 Å². The highest BCUT2D eigenvalue weighted by Gasteiger charge is 2.15. The van der Waals surface area contributed by atoms with Gasteiger partial charge in [0.1, 0.15) is 17.1 Å². The molecule has 0 spiro atoms. The van der Waals surface area contributed by atoms with Gasteiger partial charge in [-0.05, 0) is 42.7 Å². The standard InChI is InChI=1S/C22H28FNO3/c1-3-5-13-26-21-15-19(24-16-17-7-9-18(23)10-8-17)11-12-20(21)22(25)27-14-6-4-2/h7-12,15,24H,3-6,13-14,16H2,1-2H3. The summed E-state index contributed by atoms with van der Waals surface area (Å²) in [6.07, 6.45) is 3.74. The number of anilines is 1. The van der Waals surface area contributed by atoms with Crippen molar-refractivity contribution >= 4 is 11.7 Å². The lowest BCUT2D eigenvalue weighted by atomic mass is 10.1. The molecule has 2 rings (SSSR count). The van der Waals surface area contributed by atoms with Gasteiger partial charge in [0, 0.05) is 18.3 Å². The molecular weight excluding hydrogens is 345 g/mol. The van der Waals surface area contributed by atoms with E-state index in [1.165, 1.54) is 12.1 Å². The Kier molecular flexibility index (Phi) is 8.62. The minimum atomic E-state index is -0.361. The van der Waals surface area contributed by atoms with Crippen LogP contribution in [0.4, 0.5) is 10.1 Å². The van der Waals surface area contributed by atoms with Gasteiger partial charge in [-0.1, -0.05) is 38.8 Å². The second kappa shape index (κ2) is 11.2. The van der Waals surface area contributed by atoms with Crippen LogP contribution in [0.15, 0.2) is 42.5 Å². The molecule has 0 atom stereocenters. The van der Waals surface area contributed by atoms with Gasteiger partial charge in [0.15, 0.2) is 0 Å². The largest absolute Gasteiger partial charge is 0.493 e. The summed E-state index contributed by atoms with van der Waals surface area (Å²) in [7, 11) is 0. The van der Waals surface area contributed by atoms with E-state index < -0.39 is 0 Å². The fourth-order valence-corrected chi connectivity index (χ4v) is 2.44. The maximum absolute atomic E-state index is 13.0. The molecule has 2 aromatic rings. The molecule has 0 aliphatic rings. The van der Waals surface area contributed by atoms with Gasteiger partial charge in [-0.3, -0.25) is 0 Å². The zero-order valence-electron chi connectivity index (χ0n) is 16.1. The van der Waals surface area contributed by atoms with Crippen LogP contribution in [0, 0.1) is 5.82 Å². The van der Waals surface area contributed by atoms with Gasteiger partial charge in [0.05, 0.1) is 13.2 Å². The van der Waals surface area contributed by atoms with Crippen LogP contribution in [-0.4, -0.2) is 19.2 Å². The quantitative estimate of drug-likeness (QED) is 0.413. The van der Waals surface area contributed by atoms with E-state index in [0.29, 0.717) is 31.1 Å². The van der Waals surface area contributed by atoms with E-state index in [0.717, 1.165) is 36.9 Å². The fourth-order valence-electron chi connectivity index (χ4n) is 2.44. The van der Waals surface area contributed by atoms with Crippen LogP contribution in [0.2, 0.25) is 0 Å². The predicted molar refractivity (Wildman–Crippen MR) is 106 cm³/mol. The van der Waals surface area contributed by atoms with E-state index >= 15 is 0 Å². The molecule has 0 aliphatic carbocycles. The molecule has 2 aromatic carbocycles. The molecule has 0 aromatic heterocycles. The number of carbonyl (C=O) groups excluding carboxylic acids is 1. The lowest BCUT2D eigenvalue weighted by Crippen LogP contribution is -2.10. The number of rotatable bonds is 11. The highest BCUT2D eigenvalue weighted by atomic mass is 19.1. The molecule has 0 saturated carbocycles. The number of hydrogen-bond acceptors (Lipinski definition) is 4. The molecule has 146 valence electrons. The zero-order chi connectivity index (χ0) is 19.5. The predicted octanol–water partition coefficient (Wildman–Crippen LogP) is 5.57. The molecular formula is C22H28FNO3. The van der Waals surface area contributed by atoms with Crippen molar-refractivity contribution in [3.05, 3.63) is 59.4 Å². The Balaban J connectivity index is 2.07. The molecule has 0 radical (unpaired) electrons. The van der Waals surface area contributed by atoms with Crippen LogP contribution >= 0.6 is 0 Å². The van der Waals surface area contributed by atoms with Crippen molar-refractivity contribution in [1.82, 2.24) is 0 Å². The summed E-state index contributed by atoms with van der Waals surface area (Å²) in [5, 5.41) is 3.28. The minimum Gasteiger partial charge on any atom is -0.493 e. The monoisotopic (exact) mass is 373 g/mol. The average Bonchev–Trinajstić information content (AvgIpc) is 2.68. The number of unbranched alkanes of at least 4 members (excludes halogenated alkanes) is 2. The Bertz CT molecular complexity index is 716. The van der Waals surface area contributed by atoms with Crippen molar-refractivity contribution in [3.8, 4) is 5.75 Å².